The van der Waals surface area contributed by atoms with Gasteiger partial charge in [0.15, 0.2) is 0 Å². The standard InChI is InChI=1S/C21H26N2O2.ClH/c24-16-5-6-17-19-10-14-3-4-15(20(25)23-12-13-1-2-13)9-18(14)21(17,11-16)7-8-22-19;/h3-4,9,13,17,19,22H,1-2,5-8,10-12H2,(H,23,25);1H. The van der Waals surface area contributed by atoms with Crippen molar-refractivity contribution in [1.29, 1.82) is 0 Å². The summed E-state index contributed by atoms with van der Waals surface area (Å²) in [6.45, 7) is 1.78. The van der Waals surface area contributed by atoms with Crippen LogP contribution >= 0.6 is 12.4 Å². The number of carbonyl (C=O) groups excluding carboxylic acids is 2. The predicted octanol–water partition coefficient (Wildman–Crippen LogP) is 2.77. The maximum Gasteiger partial charge on any atom is 0.251 e. The summed E-state index contributed by atoms with van der Waals surface area (Å²) >= 11 is 0. The van der Waals surface area contributed by atoms with Gasteiger partial charge < -0.3 is 10.6 Å². The fourth-order valence-corrected chi connectivity index (χ4v) is 5.55. The van der Waals surface area contributed by atoms with Crippen molar-refractivity contribution in [2.24, 2.45) is 11.8 Å². The van der Waals surface area contributed by atoms with E-state index in [2.05, 4.69) is 22.8 Å². The highest BCUT2D eigenvalue weighted by Gasteiger charge is 2.53. The molecule has 140 valence electrons. The van der Waals surface area contributed by atoms with Crippen molar-refractivity contribution in [1.82, 2.24) is 10.6 Å². The molecule has 1 heterocycles. The van der Waals surface area contributed by atoms with Gasteiger partial charge in [-0.1, -0.05) is 6.07 Å². The molecule has 3 unspecified atom stereocenters. The highest BCUT2D eigenvalue weighted by molar-refractivity contribution is 5.94. The van der Waals surface area contributed by atoms with E-state index in [9.17, 15) is 9.59 Å². The molecular formula is C21H27ClN2O2. The highest BCUT2D eigenvalue weighted by Crippen LogP contribution is 2.53. The molecule has 5 heteroatoms. The zero-order chi connectivity index (χ0) is 17.0. The van der Waals surface area contributed by atoms with Crippen LogP contribution in [0.4, 0.5) is 0 Å². The third-order valence-electron chi connectivity index (χ3n) is 7.02. The van der Waals surface area contributed by atoms with Gasteiger partial charge in [0.05, 0.1) is 0 Å². The molecule has 3 fully saturated rings. The van der Waals surface area contributed by atoms with Crippen LogP contribution in [-0.4, -0.2) is 30.8 Å². The minimum Gasteiger partial charge on any atom is -0.352 e. The van der Waals surface area contributed by atoms with Gasteiger partial charge in [0.1, 0.15) is 5.78 Å². The number of hydrogen-bond donors (Lipinski definition) is 2. The Morgan fingerprint density at radius 2 is 2.12 bits per heavy atom. The van der Waals surface area contributed by atoms with Gasteiger partial charge in [-0.25, -0.2) is 0 Å². The number of halogens is 1. The van der Waals surface area contributed by atoms with Gasteiger partial charge in [0.25, 0.3) is 5.91 Å². The van der Waals surface area contributed by atoms with Gasteiger partial charge in [-0.2, -0.15) is 0 Å². The molecule has 3 atom stereocenters. The third-order valence-corrected chi connectivity index (χ3v) is 7.02. The maximum atomic E-state index is 12.6. The Kier molecular flexibility index (Phi) is 4.60. The van der Waals surface area contributed by atoms with Crippen LogP contribution < -0.4 is 10.6 Å². The van der Waals surface area contributed by atoms with E-state index >= 15 is 0 Å². The topological polar surface area (TPSA) is 58.2 Å². The highest BCUT2D eigenvalue weighted by atomic mass is 35.5. The molecule has 5 rings (SSSR count). The van der Waals surface area contributed by atoms with Gasteiger partial charge in [0, 0.05) is 36.4 Å². The summed E-state index contributed by atoms with van der Waals surface area (Å²) in [4.78, 5) is 24.9. The molecule has 4 aliphatic rings. The number of benzene rings is 1. The number of rotatable bonds is 3. The number of Topliss-reactive ketones (excluding diaryl/α,β-unsaturated/α-hetero) is 1. The first kappa shape index (κ1) is 18.0. The molecule has 1 amide bonds. The summed E-state index contributed by atoms with van der Waals surface area (Å²) in [6, 6.07) is 6.71. The minimum atomic E-state index is -0.0361. The Bertz CT molecular complexity index is 746. The van der Waals surface area contributed by atoms with E-state index < -0.39 is 0 Å². The number of carbonyl (C=O) groups is 2. The van der Waals surface area contributed by atoms with E-state index in [1.165, 1.54) is 24.0 Å². The zero-order valence-electron chi connectivity index (χ0n) is 15.1. The first-order valence-corrected chi connectivity index (χ1v) is 9.82. The molecule has 1 aromatic carbocycles. The van der Waals surface area contributed by atoms with E-state index in [4.69, 9.17) is 0 Å². The number of ketones is 1. The molecule has 0 aromatic heterocycles. The van der Waals surface area contributed by atoms with Crippen LogP contribution in [0.5, 0.6) is 0 Å². The molecule has 4 nitrogen and oxygen atoms in total. The van der Waals surface area contributed by atoms with Crippen molar-refractivity contribution >= 4 is 24.1 Å². The Hall–Kier alpha value is -1.39. The van der Waals surface area contributed by atoms with Crippen molar-refractivity contribution in [3.63, 3.8) is 0 Å². The van der Waals surface area contributed by atoms with Crippen molar-refractivity contribution in [2.45, 2.75) is 56.4 Å². The van der Waals surface area contributed by atoms with Crippen LogP contribution in [0.25, 0.3) is 0 Å². The number of amides is 1. The summed E-state index contributed by atoms with van der Waals surface area (Å²) < 4.78 is 0. The number of fused-ring (bicyclic) bond motifs is 1. The summed E-state index contributed by atoms with van der Waals surface area (Å²) in [5.74, 6) is 1.66. The SMILES string of the molecule is Cl.O=C1CCC2C3Cc4ccc(C(=O)NCC5CC5)cc4C2(CCN3)C1. The lowest BCUT2D eigenvalue weighted by Gasteiger charge is -2.55. The second kappa shape index (κ2) is 6.65. The largest absolute Gasteiger partial charge is 0.352 e. The van der Waals surface area contributed by atoms with Crippen molar-refractivity contribution < 1.29 is 9.59 Å². The van der Waals surface area contributed by atoms with Crippen LogP contribution in [0.15, 0.2) is 18.2 Å². The van der Waals surface area contributed by atoms with Gasteiger partial charge >= 0.3 is 0 Å². The summed E-state index contributed by atoms with van der Waals surface area (Å²) in [5, 5.41) is 6.77. The summed E-state index contributed by atoms with van der Waals surface area (Å²) in [5.41, 5.74) is 3.36. The average molecular weight is 375 g/mol. The van der Waals surface area contributed by atoms with E-state index in [1.54, 1.807) is 0 Å². The zero-order valence-corrected chi connectivity index (χ0v) is 15.9. The predicted molar refractivity (Wildman–Crippen MR) is 103 cm³/mol. The van der Waals surface area contributed by atoms with Crippen LogP contribution in [0.3, 0.4) is 0 Å². The number of hydrogen-bond acceptors (Lipinski definition) is 3. The van der Waals surface area contributed by atoms with Gasteiger partial charge in [0.2, 0.25) is 0 Å². The lowest BCUT2D eigenvalue weighted by molar-refractivity contribution is -0.125. The van der Waals surface area contributed by atoms with Gasteiger partial charge in [-0.05, 0) is 73.7 Å². The number of nitrogens with one attached hydrogen (secondary N) is 2. The minimum absolute atomic E-state index is 0. The monoisotopic (exact) mass is 374 g/mol. The Morgan fingerprint density at radius 1 is 1.27 bits per heavy atom. The first-order valence-electron chi connectivity index (χ1n) is 9.82. The first-order chi connectivity index (χ1) is 12.2. The quantitative estimate of drug-likeness (QED) is 0.855. The van der Waals surface area contributed by atoms with E-state index in [0.717, 1.165) is 44.3 Å². The van der Waals surface area contributed by atoms with Crippen LogP contribution in [0.2, 0.25) is 0 Å². The molecule has 2 saturated carbocycles. The summed E-state index contributed by atoms with van der Waals surface area (Å²) in [7, 11) is 0. The van der Waals surface area contributed by atoms with Crippen molar-refractivity contribution in [3.05, 3.63) is 34.9 Å². The van der Waals surface area contributed by atoms with Crippen LogP contribution in [-0.2, 0) is 16.6 Å². The lowest BCUT2D eigenvalue weighted by atomic mass is 9.52. The van der Waals surface area contributed by atoms with Crippen molar-refractivity contribution in [3.8, 4) is 0 Å². The average Bonchev–Trinajstić information content (AvgIpc) is 3.43. The normalized spacial score (nSPS) is 32.1. The fraction of sp³-hybridized carbons (Fsp3) is 0.619. The fourth-order valence-electron chi connectivity index (χ4n) is 5.55. The summed E-state index contributed by atoms with van der Waals surface area (Å²) in [6.07, 6.45) is 6.91. The molecule has 2 bridgehead atoms. The molecule has 0 spiro atoms. The van der Waals surface area contributed by atoms with Crippen LogP contribution in [0.1, 0.15) is 60.0 Å². The Balaban J connectivity index is 0.00000168. The third kappa shape index (κ3) is 2.87. The lowest BCUT2D eigenvalue weighted by Crippen LogP contribution is -2.60. The Labute approximate surface area is 160 Å². The molecule has 1 saturated heterocycles. The molecule has 1 aliphatic heterocycles. The second-order valence-corrected chi connectivity index (χ2v) is 8.56. The smallest absolute Gasteiger partial charge is 0.251 e. The Morgan fingerprint density at radius 3 is 2.92 bits per heavy atom. The molecule has 3 aliphatic carbocycles. The van der Waals surface area contributed by atoms with Gasteiger partial charge in [-0.15, -0.1) is 12.4 Å². The van der Waals surface area contributed by atoms with E-state index in [0.29, 0.717) is 30.1 Å². The van der Waals surface area contributed by atoms with Crippen molar-refractivity contribution in [2.75, 3.05) is 13.1 Å². The number of piperidine rings is 1. The van der Waals surface area contributed by atoms with E-state index in [-0.39, 0.29) is 23.7 Å². The second-order valence-electron chi connectivity index (χ2n) is 8.56. The molecular weight excluding hydrogens is 348 g/mol. The van der Waals surface area contributed by atoms with Gasteiger partial charge in [-0.3, -0.25) is 9.59 Å². The maximum absolute atomic E-state index is 12.6. The van der Waals surface area contributed by atoms with Crippen LogP contribution in [0, 0.1) is 11.8 Å². The molecule has 2 N–H and O–H groups in total. The molecule has 0 radical (unpaired) electrons. The molecule has 1 aromatic rings. The van der Waals surface area contributed by atoms with E-state index in [1.807, 2.05) is 6.07 Å². The molecule has 26 heavy (non-hydrogen) atoms.